The van der Waals surface area contributed by atoms with Gasteiger partial charge >= 0.3 is 0 Å². The van der Waals surface area contributed by atoms with Crippen molar-refractivity contribution in [2.24, 2.45) is 0 Å². The van der Waals surface area contributed by atoms with Crippen LogP contribution in [0.1, 0.15) is 11.1 Å². The van der Waals surface area contributed by atoms with Gasteiger partial charge in [-0.25, -0.2) is 0 Å². The molecule has 0 fully saturated rings. The summed E-state index contributed by atoms with van der Waals surface area (Å²) in [6.45, 7) is 0.637. The van der Waals surface area contributed by atoms with Crippen molar-refractivity contribution in [3.05, 3.63) is 76.8 Å². The molecule has 0 spiro atoms. The zero-order valence-electron chi connectivity index (χ0n) is 18.6. The van der Waals surface area contributed by atoms with Crippen molar-refractivity contribution >= 4 is 23.3 Å². The summed E-state index contributed by atoms with van der Waals surface area (Å²) in [5.74, 6) is 2.75. The van der Waals surface area contributed by atoms with E-state index in [0.29, 0.717) is 51.3 Å². The van der Waals surface area contributed by atoms with E-state index >= 15 is 0 Å². The smallest absolute Gasteiger partial charge is 0.179 e. The Hall–Kier alpha value is -3.82. The maximum atomic E-state index is 9.73. The molecule has 0 unspecified atom stereocenters. The van der Waals surface area contributed by atoms with E-state index in [0.717, 1.165) is 5.75 Å². The second-order valence-electron chi connectivity index (χ2n) is 6.78. The fourth-order valence-electron chi connectivity index (χ4n) is 3.13. The quantitative estimate of drug-likeness (QED) is 0.211. The van der Waals surface area contributed by atoms with Crippen molar-refractivity contribution in [1.82, 2.24) is 0 Å². The number of rotatable bonds is 10. The Balaban J connectivity index is 1.79. The zero-order chi connectivity index (χ0) is 23.6. The third kappa shape index (κ3) is 6.12. The molecule has 0 aliphatic carbocycles. The molecule has 3 rings (SSSR count). The molecule has 0 saturated heterocycles. The average Bonchev–Trinajstić information content (AvgIpc) is 2.85. The van der Waals surface area contributed by atoms with Crippen molar-refractivity contribution in [3.8, 4) is 34.8 Å². The Kier molecular flexibility index (Phi) is 8.45. The van der Waals surface area contributed by atoms with Crippen LogP contribution in [-0.2, 0) is 0 Å². The second-order valence-corrected chi connectivity index (χ2v) is 7.19. The number of halogens is 1. The minimum Gasteiger partial charge on any atom is -0.493 e. The van der Waals surface area contributed by atoms with Crippen molar-refractivity contribution in [1.29, 1.82) is 5.26 Å². The molecule has 0 aliphatic rings. The molecule has 0 saturated carbocycles. The number of hydrogen-bond donors (Lipinski definition) is 0. The molecule has 0 N–H and O–H groups in total. The van der Waals surface area contributed by atoms with Gasteiger partial charge in [-0.05, 0) is 59.7 Å². The Morgan fingerprint density at radius 3 is 2.21 bits per heavy atom. The first-order valence-corrected chi connectivity index (χ1v) is 10.5. The summed E-state index contributed by atoms with van der Waals surface area (Å²) < 4.78 is 27.5. The van der Waals surface area contributed by atoms with Crippen LogP contribution in [0.4, 0.5) is 0 Å². The number of allylic oxidation sites excluding steroid dienone is 1. The SMILES string of the molecule is COc1ccc(C(C#N)=Cc2cc(Cl)c(OCCOc3ccccc3)c(OC)c2)cc1OC. The highest BCUT2D eigenvalue weighted by Crippen LogP contribution is 2.38. The maximum Gasteiger partial charge on any atom is 0.179 e. The summed E-state index contributed by atoms with van der Waals surface area (Å²) in [7, 11) is 4.64. The number of hydrogen-bond acceptors (Lipinski definition) is 6. The highest BCUT2D eigenvalue weighted by Gasteiger charge is 2.13. The molecule has 0 atom stereocenters. The summed E-state index contributed by atoms with van der Waals surface area (Å²) in [4.78, 5) is 0. The molecule has 7 heteroatoms. The highest BCUT2D eigenvalue weighted by molar-refractivity contribution is 6.32. The van der Waals surface area contributed by atoms with Crippen LogP contribution in [0, 0.1) is 11.3 Å². The van der Waals surface area contributed by atoms with E-state index < -0.39 is 0 Å². The molecule has 0 bridgehead atoms. The fourth-order valence-corrected chi connectivity index (χ4v) is 3.41. The van der Waals surface area contributed by atoms with Gasteiger partial charge in [0, 0.05) is 0 Å². The maximum absolute atomic E-state index is 9.73. The number of nitriles is 1. The fraction of sp³-hybridized carbons (Fsp3) is 0.192. The number of benzene rings is 3. The molecule has 0 heterocycles. The van der Waals surface area contributed by atoms with E-state index in [1.165, 1.54) is 7.11 Å². The molecule has 0 radical (unpaired) electrons. The lowest BCUT2D eigenvalue weighted by molar-refractivity contribution is 0.211. The molecule has 170 valence electrons. The van der Waals surface area contributed by atoms with Crippen LogP contribution >= 0.6 is 11.6 Å². The van der Waals surface area contributed by atoms with Gasteiger partial charge in [-0.3, -0.25) is 0 Å². The van der Waals surface area contributed by atoms with Gasteiger partial charge in [-0.1, -0.05) is 29.8 Å². The Labute approximate surface area is 198 Å². The van der Waals surface area contributed by atoms with Crippen LogP contribution in [0.15, 0.2) is 60.7 Å². The predicted octanol–water partition coefficient (Wildman–Crippen LogP) is 5.89. The van der Waals surface area contributed by atoms with Crippen LogP contribution in [0.25, 0.3) is 11.6 Å². The predicted molar refractivity (Wildman–Crippen MR) is 128 cm³/mol. The topological polar surface area (TPSA) is 69.9 Å². The average molecular weight is 466 g/mol. The summed E-state index contributed by atoms with van der Waals surface area (Å²) in [6.07, 6.45) is 1.72. The first-order valence-electron chi connectivity index (χ1n) is 10.1. The van der Waals surface area contributed by atoms with Gasteiger partial charge in [0.05, 0.1) is 38.0 Å². The van der Waals surface area contributed by atoms with Gasteiger partial charge in [0.2, 0.25) is 0 Å². The van der Waals surface area contributed by atoms with E-state index in [9.17, 15) is 5.26 Å². The minimum absolute atomic E-state index is 0.287. The summed E-state index contributed by atoms with van der Waals surface area (Å²) in [6, 6.07) is 20.5. The summed E-state index contributed by atoms with van der Waals surface area (Å²) in [5, 5.41) is 10.1. The van der Waals surface area contributed by atoms with Crippen molar-refractivity contribution in [2.45, 2.75) is 0 Å². The number of ether oxygens (including phenoxy) is 5. The molecule has 6 nitrogen and oxygen atoms in total. The molecular weight excluding hydrogens is 442 g/mol. The standard InChI is InChI=1S/C26H24ClNO5/c1-29-23-10-9-19(16-24(23)30-2)20(17-28)13-18-14-22(27)26(25(15-18)31-3)33-12-11-32-21-7-5-4-6-8-21/h4-10,13-16H,11-12H2,1-3H3. The molecular formula is C26H24ClNO5. The van der Waals surface area contributed by atoms with Crippen LogP contribution in [0.2, 0.25) is 5.02 Å². The second kappa shape index (κ2) is 11.7. The van der Waals surface area contributed by atoms with Crippen LogP contribution < -0.4 is 23.7 Å². The van der Waals surface area contributed by atoms with Crippen LogP contribution in [0.3, 0.4) is 0 Å². The van der Waals surface area contributed by atoms with Gasteiger partial charge < -0.3 is 23.7 Å². The first-order chi connectivity index (χ1) is 16.1. The van der Waals surface area contributed by atoms with E-state index in [1.807, 2.05) is 30.3 Å². The molecule has 0 aromatic heterocycles. The van der Waals surface area contributed by atoms with Crippen molar-refractivity contribution < 1.29 is 23.7 Å². The van der Waals surface area contributed by atoms with E-state index in [1.54, 1.807) is 50.6 Å². The Morgan fingerprint density at radius 2 is 1.55 bits per heavy atom. The Bertz CT molecular complexity index is 1160. The van der Waals surface area contributed by atoms with E-state index in [2.05, 4.69) is 6.07 Å². The zero-order valence-corrected chi connectivity index (χ0v) is 19.4. The van der Waals surface area contributed by atoms with Gasteiger partial charge in [-0.2, -0.15) is 5.26 Å². The number of nitrogens with zero attached hydrogens (tertiary/aromatic N) is 1. The third-order valence-electron chi connectivity index (χ3n) is 4.72. The van der Waals surface area contributed by atoms with Gasteiger partial charge in [-0.15, -0.1) is 0 Å². The molecule has 33 heavy (non-hydrogen) atoms. The van der Waals surface area contributed by atoms with Gasteiger partial charge in [0.15, 0.2) is 23.0 Å². The third-order valence-corrected chi connectivity index (χ3v) is 5.00. The number of methoxy groups -OCH3 is 3. The molecule has 0 amide bonds. The van der Waals surface area contributed by atoms with Gasteiger partial charge in [0.1, 0.15) is 19.0 Å². The van der Waals surface area contributed by atoms with Crippen LogP contribution in [-0.4, -0.2) is 34.5 Å². The lowest BCUT2D eigenvalue weighted by Crippen LogP contribution is -2.10. The number of para-hydroxylation sites is 1. The largest absolute Gasteiger partial charge is 0.493 e. The normalized spacial score (nSPS) is 10.8. The molecule has 0 aliphatic heterocycles. The molecule has 3 aromatic rings. The van der Waals surface area contributed by atoms with Gasteiger partial charge in [0.25, 0.3) is 0 Å². The van der Waals surface area contributed by atoms with Crippen molar-refractivity contribution in [3.63, 3.8) is 0 Å². The summed E-state index contributed by atoms with van der Waals surface area (Å²) >= 11 is 6.47. The van der Waals surface area contributed by atoms with E-state index in [-0.39, 0.29) is 6.61 Å². The monoisotopic (exact) mass is 465 g/mol. The lowest BCUT2D eigenvalue weighted by atomic mass is 10.0. The molecule has 3 aromatic carbocycles. The lowest BCUT2D eigenvalue weighted by Gasteiger charge is -2.14. The highest BCUT2D eigenvalue weighted by atomic mass is 35.5. The van der Waals surface area contributed by atoms with Crippen LogP contribution in [0.5, 0.6) is 28.7 Å². The summed E-state index contributed by atoms with van der Waals surface area (Å²) in [5.41, 5.74) is 1.80. The minimum atomic E-state index is 0.287. The van der Waals surface area contributed by atoms with E-state index in [4.69, 9.17) is 35.3 Å². The Morgan fingerprint density at radius 1 is 0.848 bits per heavy atom. The first kappa shape index (κ1) is 23.8. The van der Waals surface area contributed by atoms with Crippen molar-refractivity contribution in [2.75, 3.05) is 34.5 Å².